The minimum Gasteiger partial charge on any atom is -0.481 e. The number of aromatic nitrogens is 1. The molecule has 3 aromatic rings. The molecule has 0 radical (unpaired) electrons. The van der Waals surface area contributed by atoms with Crippen LogP contribution >= 0.6 is 0 Å². The summed E-state index contributed by atoms with van der Waals surface area (Å²) in [6, 6.07) is 16.0. The van der Waals surface area contributed by atoms with Crippen LogP contribution in [0.15, 0.2) is 60.7 Å². The quantitative estimate of drug-likeness (QED) is 0.650. The van der Waals surface area contributed by atoms with Gasteiger partial charge in [-0.3, -0.25) is 9.59 Å². The number of amides is 1. The first kappa shape index (κ1) is 20.2. The van der Waals surface area contributed by atoms with E-state index in [0.717, 1.165) is 16.7 Å². The van der Waals surface area contributed by atoms with E-state index >= 15 is 0 Å². The van der Waals surface area contributed by atoms with Crippen LogP contribution in [0.5, 0.6) is 0 Å². The Morgan fingerprint density at radius 3 is 2.55 bits per heavy atom. The molecule has 0 spiro atoms. The van der Waals surface area contributed by atoms with E-state index in [0.29, 0.717) is 11.3 Å². The maximum absolute atomic E-state index is 14.2. The van der Waals surface area contributed by atoms with Crippen molar-refractivity contribution in [3.63, 3.8) is 0 Å². The van der Waals surface area contributed by atoms with Crippen molar-refractivity contribution in [2.24, 2.45) is 0 Å². The number of carbonyl (C=O) groups excluding carboxylic acids is 1. The molecule has 2 N–H and O–H groups in total. The van der Waals surface area contributed by atoms with Crippen molar-refractivity contribution in [1.82, 2.24) is 10.3 Å². The van der Waals surface area contributed by atoms with Crippen molar-refractivity contribution >= 4 is 11.9 Å². The summed E-state index contributed by atoms with van der Waals surface area (Å²) in [7, 11) is 0. The predicted octanol–water partition coefficient (Wildman–Crippen LogP) is 4.45. The van der Waals surface area contributed by atoms with Crippen LogP contribution in [0.2, 0.25) is 0 Å². The molecule has 0 aliphatic heterocycles. The molecular weight excluding hydrogens is 371 g/mol. The summed E-state index contributed by atoms with van der Waals surface area (Å²) < 4.78 is 14.2. The van der Waals surface area contributed by atoms with Gasteiger partial charge in [-0.1, -0.05) is 42.0 Å². The summed E-state index contributed by atoms with van der Waals surface area (Å²) >= 11 is 0. The van der Waals surface area contributed by atoms with Gasteiger partial charge in [0.1, 0.15) is 11.5 Å². The second-order valence-corrected chi connectivity index (χ2v) is 6.87. The average Bonchev–Trinajstić information content (AvgIpc) is 2.69. The number of aryl methyl sites for hydroxylation is 2. The fraction of sp³-hybridized carbons (Fsp3) is 0.174. The van der Waals surface area contributed by atoms with Gasteiger partial charge in [-0.15, -0.1) is 0 Å². The summed E-state index contributed by atoms with van der Waals surface area (Å²) in [5, 5.41) is 12.0. The van der Waals surface area contributed by atoms with Crippen molar-refractivity contribution in [3.8, 4) is 11.3 Å². The lowest BCUT2D eigenvalue weighted by molar-refractivity contribution is -0.137. The van der Waals surface area contributed by atoms with E-state index in [-0.39, 0.29) is 12.1 Å². The number of rotatable bonds is 6. The Labute approximate surface area is 168 Å². The van der Waals surface area contributed by atoms with Gasteiger partial charge in [-0.25, -0.2) is 9.37 Å². The van der Waals surface area contributed by atoms with Gasteiger partial charge in [-0.2, -0.15) is 0 Å². The summed E-state index contributed by atoms with van der Waals surface area (Å²) in [5.41, 5.74) is 3.21. The third-order valence-corrected chi connectivity index (χ3v) is 4.63. The number of benzene rings is 2. The van der Waals surface area contributed by atoms with Crippen LogP contribution in [0.4, 0.5) is 4.39 Å². The van der Waals surface area contributed by atoms with Gasteiger partial charge in [0.05, 0.1) is 18.2 Å². The molecule has 0 aliphatic rings. The molecule has 5 nitrogen and oxygen atoms in total. The Morgan fingerprint density at radius 1 is 1.07 bits per heavy atom. The number of nitrogens with zero attached hydrogens (tertiary/aromatic N) is 1. The second kappa shape index (κ2) is 8.65. The third-order valence-electron chi connectivity index (χ3n) is 4.63. The lowest BCUT2D eigenvalue weighted by atomic mass is 9.98. The highest BCUT2D eigenvalue weighted by atomic mass is 19.1. The third kappa shape index (κ3) is 4.85. The molecule has 1 amide bonds. The van der Waals surface area contributed by atoms with Crippen LogP contribution < -0.4 is 5.32 Å². The average molecular weight is 392 g/mol. The molecular formula is C23H21FN2O3. The van der Waals surface area contributed by atoms with Gasteiger partial charge < -0.3 is 10.4 Å². The molecule has 0 saturated carbocycles. The zero-order chi connectivity index (χ0) is 21.0. The molecule has 1 atom stereocenters. The second-order valence-electron chi connectivity index (χ2n) is 6.87. The predicted molar refractivity (Wildman–Crippen MR) is 108 cm³/mol. The van der Waals surface area contributed by atoms with Crippen LogP contribution in [0.25, 0.3) is 11.3 Å². The number of nitrogens with one attached hydrogen (secondary N) is 1. The smallest absolute Gasteiger partial charge is 0.305 e. The zero-order valence-electron chi connectivity index (χ0n) is 16.1. The van der Waals surface area contributed by atoms with Gasteiger partial charge in [0.25, 0.3) is 5.91 Å². The minimum atomic E-state index is -1.03. The molecule has 6 heteroatoms. The Bertz CT molecular complexity index is 1070. The largest absolute Gasteiger partial charge is 0.481 e. The van der Waals surface area contributed by atoms with E-state index in [1.165, 1.54) is 12.1 Å². The molecule has 0 saturated heterocycles. The fourth-order valence-corrected chi connectivity index (χ4v) is 3.17. The van der Waals surface area contributed by atoms with E-state index in [2.05, 4.69) is 10.3 Å². The molecule has 1 heterocycles. The maximum atomic E-state index is 14.2. The topological polar surface area (TPSA) is 79.3 Å². The monoisotopic (exact) mass is 392 g/mol. The summed E-state index contributed by atoms with van der Waals surface area (Å²) in [6.45, 7) is 3.70. The zero-order valence-corrected chi connectivity index (χ0v) is 16.1. The molecule has 29 heavy (non-hydrogen) atoms. The standard InChI is InChI=1S/C23H21FN2O3/c1-14-10-11-18(24)17(12-14)19-8-5-9-20(25-19)23(29)26-21(13-22(27)28)16-7-4-3-6-15(16)2/h3-12,21H,13H2,1-2H3,(H,26,29)(H,27,28)/t21-/m0/s1. The Balaban J connectivity index is 1.90. The number of carboxylic acids is 1. The first-order valence-corrected chi connectivity index (χ1v) is 9.17. The minimum absolute atomic E-state index is 0.0902. The number of hydrogen-bond acceptors (Lipinski definition) is 3. The number of pyridine rings is 1. The highest BCUT2D eigenvalue weighted by molar-refractivity contribution is 5.93. The molecule has 3 rings (SSSR count). The SMILES string of the molecule is Cc1ccc(F)c(-c2cccc(C(=O)N[C@@H](CC(=O)O)c3ccccc3C)n2)c1. The first-order chi connectivity index (χ1) is 13.8. The van der Waals surface area contributed by atoms with Crippen molar-refractivity contribution < 1.29 is 19.1 Å². The van der Waals surface area contributed by atoms with Crippen LogP contribution in [0.3, 0.4) is 0 Å². The van der Waals surface area contributed by atoms with Gasteiger partial charge in [0.15, 0.2) is 0 Å². The molecule has 0 fully saturated rings. The van der Waals surface area contributed by atoms with Gasteiger partial charge in [0, 0.05) is 5.56 Å². The maximum Gasteiger partial charge on any atom is 0.305 e. The van der Waals surface area contributed by atoms with Crippen molar-refractivity contribution in [2.45, 2.75) is 26.3 Å². The molecule has 0 unspecified atom stereocenters. The number of halogens is 1. The Morgan fingerprint density at radius 2 is 1.83 bits per heavy atom. The summed E-state index contributed by atoms with van der Waals surface area (Å²) in [5.74, 6) is -1.97. The number of hydrogen-bond donors (Lipinski definition) is 2. The lowest BCUT2D eigenvalue weighted by Crippen LogP contribution is -2.31. The van der Waals surface area contributed by atoms with Gasteiger partial charge >= 0.3 is 5.97 Å². The normalized spacial score (nSPS) is 11.7. The molecule has 0 aliphatic carbocycles. The fourth-order valence-electron chi connectivity index (χ4n) is 3.17. The number of carbonyl (C=O) groups is 2. The van der Waals surface area contributed by atoms with E-state index < -0.39 is 23.7 Å². The van der Waals surface area contributed by atoms with Gasteiger partial charge in [-0.05, 0) is 49.2 Å². The summed E-state index contributed by atoms with van der Waals surface area (Å²) in [4.78, 5) is 28.4. The van der Waals surface area contributed by atoms with Crippen LogP contribution in [-0.4, -0.2) is 22.0 Å². The molecule has 0 bridgehead atoms. The van der Waals surface area contributed by atoms with Crippen molar-refractivity contribution in [2.75, 3.05) is 0 Å². The lowest BCUT2D eigenvalue weighted by Gasteiger charge is -2.19. The highest BCUT2D eigenvalue weighted by Gasteiger charge is 2.21. The number of carboxylic acid groups (broad SMARTS) is 1. The van der Waals surface area contributed by atoms with E-state index in [9.17, 15) is 19.1 Å². The molecule has 1 aromatic heterocycles. The van der Waals surface area contributed by atoms with Crippen molar-refractivity contribution in [1.29, 1.82) is 0 Å². The van der Waals surface area contributed by atoms with Crippen LogP contribution in [0, 0.1) is 19.7 Å². The number of aliphatic carboxylic acids is 1. The van der Waals surface area contributed by atoms with Gasteiger partial charge in [0.2, 0.25) is 0 Å². The molecule has 2 aromatic carbocycles. The molecule has 148 valence electrons. The van der Waals surface area contributed by atoms with Crippen molar-refractivity contribution in [3.05, 3.63) is 88.9 Å². The van der Waals surface area contributed by atoms with E-state index in [4.69, 9.17) is 0 Å². The Kier molecular flexibility index (Phi) is 6.02. The van der Waals surface area contributed by atoms with Crippen LogP contribution in [0.1, 0.15) is 39.6 Å². The summed E-state index contributed by atoms with van der Waals surface area (Å²) in [6.07, 6.45) is -0.261. The van der Waals surface area contributed by atoms with E-state index in [1.807, 2.05) is 26.0 Å². The van der Waals surface area contributed by atoms with E-state index in [1.54, 1.807) is 36.4 Å². The first-order valence-electron chi connectivity index (χ1n) is 9.17. The highest BCUT2D eigenvalue weighted by Crippen LogP contribution is 2.24. The Hall–Kier alpha value is -3.54. The van der Waals surface area contributed by atoms with Crippen LogP contribution in [-0.2, 0) is 4.79 Å².